The van der Waals surface area contributed by atoms with Gasteiger partial charge in [-0.15, -0.1) is 11.3 Å². The Labute approximate surface area is 104 Å². The molecule has 1 aromatic heterocycles. The Kier molecular flexibility index (Phi) is 3.07. The number of thiophene rings is 1. The number of anilines is 1. The lowest BCUT2D eigenvalue weighted by Crippen LogP contribution is -2.25. The van der Waals surface area contributed by atoms with Crippen LogP contribution in [0.5, 0.6) is 0 Å². The molecule has 0 fully saturated rings. The van der Waals surface area contributed by atoms with Crippen LogP contribution >= 0.6 is 11.3 Å². The summed E-state index contributed by atoms with van der Waals surface area (Å²) in [4.78, 5) is 13.5. The van der Waals surface area contributed by atoms with E-state index in [2.05, 4.69) is 18.7 Å². The highest BCUT2D eigenvalue weighted by molar-refractivity contribution is 7.20. The summed E-state index contributed by atoms with van der Waals surface area (Å²) in [6.45, 7) is 4.23. The van der Waals surface area contributed by atoms with Gasteiger partial charge in [-0.25, -0.2) is 4.79 Å². The Morgan fingerprint density at radius 3 is 2.71 bits per heavy atom. The minimum Gasteiger partial charge on any atom is -0.477 e. The number of benzene rings is 1. The molecular formula is C13H15NO2S. The lowest BCUT2D eigenvalue weighted by molar-refractivity contribution is 0.0702. The quantitative estimate of drug-likeness (QED) is 0.905. The van der Waals surface area contributed by atoms with Crippen LogP contribution < -0.4 is 4.90 Å². The van der Waals surface area contributed by atoms with Crippen LogP contribution in [0.2, 0.25) is 0 Å². The molecule has 3 nitrogen and oxygen atoms in total. The van der Waals surface area contributed by atoms with Gasteiger partial charge in [-0.2, -0.15) is 0 Å². The van der Waals surface area contributed by atoms with E-state index >= 15 is 0 Å². The highest BCUT2D eigenvalue weighted by atomic mass is 32.1. The second-order valence-electron chi connectivity index (χ2n) is 4.31. The molecule has 90 valence electrons. The largest absolute Gasteiger partial charge is 0.477 e. The summed E-state index contributed by atoms with van der Waals surface area (Å²) < 4.78 is 1.02. The molecule has 0 spiro atoms. The van der Waals surface area contributed by atoms with Crippen molar-refractivity contribution in [1.29, 1.82) is 0 Å². The Morgan fingerprint density at radius 2 is 2.12 bits per heavy atom. The van der Waals surface area contributed by atoms with Crippen molar-refractivity contribution in [3.63, 3.8) is 0 Å². The maximum atomic E-state index is 11.0. The van der Waals surface area contributed by atoms with Crippen molar-refractivity contribution >= 4 is 33.1 Å². The predicted octanol–water partition coefficient (Wildman–Crippen LogP) is 3.44. The molecule has 17 heavy (non-hydrogen) atoms. The standard InChI is InChI=1S/C13H15NO2S/c1-8(2)14(3)10-5-4-6-11-9(10)7-12(17-11)13(15)16/h4-8H,1-3H3,(H,15,16). The minimum absolute atomic E-state index is 0.383. The number of hydrogen-bond acceptors (Lipinski definition) is 3. The van der Waals surface area contributed by atoms with E-state index in [1.54, 1.807) is 6.07 Å². The molecule has 4 heteroatoms. The van der Waals surface area contributed by atoms with Gasteiger partial charge in [0.1, 0.15) is 4.88 Å². The number of carboxylic acids is 1. The normalized spacial score (nSPS) is 11.1. The van der Waals surface area contributed by atoms with Crippen LogP contribution in [0.25, 0.3) is 10.1 Å². The van der Waals surface area contributed by atoms with Crippen molar-refractivity contribution in [2.75, 3.05) is 11.9 Å². The smallest absolute Gasteiger partial charge is 0.345 e. The van der Waals surface area contributed by atoms with Crippen molar-refractivity contribution < 1.29 is 9.90 Å². The van der Waals surface area contributed by atoms with Gasteiger partial charge in [-0.1, -0.05) is 6.07 Å². The minimum atomic E-state index is -0.857. The third-order valence-corrected chi connectivity index (χ3v) is 3.99. The number of hydrogen-bond donors (Lipinski definition) is 1. The van der Waals surface area contributed by atoms with Gasteiger partial charge in [0, 0.05) is 28.9 Å². The molecule has 0 bridgehead atoms. The first-order chi connectivity index (χ1) is 8.00. The van der Waals surface area contributed by atoms with Gasteiger partial charge in [0.25, 0.3) is 0 Å². The summed E-state index contributed by atoms with van der Waals surface area (Å²) in [5, 5.41) is 10.0. The van der Waals surface area contributed by atoms with Crippen molar-refractivity contribution in [3.05, 3.63) is 29.1 Å². The summed E-state index contributed by atoms with van der Waals surface area (Å²) in [6, 6.07) is 8.11. The van der Waals surface area contributed by atoms with Crippen LogP contribution in [-0.4, -0.2) is 24.2 Å². The Bertz CT molecular complexity index is 560. The zero-order valence-corrected chi connectivity index (χ0v) is 10.9. The van der Waals surface area contributed by atoms with Gasteiger partial charge in [-0.05, 0) is 32.0 Å². The number of rotatable bonds is 3. The zero-order valence-electron chi connectivity index (χ0n) is 10.1. The Hall–Kier alpha value is -1.55. The summed E-state index contributed by atoms with van der Waals surface area (Å²) in [5.41, 5.74) is 1.08. The lowest BCUT2D eigenvalue weighted by atomic mass is 10.2. The van der Waals surface area contributed by atoms with Crippen LogP contribution in [0, 0.1) is 0 Å². The van der Waals surface area contributed by atoms with E-state index in [4.69, 9.17) is 5.11 Å². The van der Waals surface area contributed by atoms with E-state index in [9.17, 15) is 4.79 Å². The molecule has 0 saturated heterocycles. The third-order valence-electron chi connectivity index (χ3n) is 2.90. The number of fused-ring (bicyclic) bond motifs is 1. The monoisotopic (exact) mass is 249 g/mol. The van der Waals surface area contributed by atoms with E-state index in [0.29, 0.717) is 10.9 Å². The number of carboxylic acid groups (broad SMARTS) is 1. The number of carbonyl (C=O) groups is 1. The fraction of sp³-hybridized carbons (Fsp3) is 0.308. The van der Waals surface area contributed by atoms with E-state index < -0.39 is 5.97 Å². The maximum Gasteiger partial charge on any atom is 0.345 e. The first-order valence-electron chi connectivity index (χ1n) is 5.49. The molecule has 2 rings (SSSR count). The molecule has 0 unspecified atom stereocenters. The molecule has 0 atom stereocenters. The fourth-order valence-electron chi connectivity index (χ4n) is 1.74. The average molecular weight is 249 g/mol. The SMILES string of the molecule is CC(C)N(C)c1cccc2sc(C(=O)O)cc12. The summed E-state index contributed by atoms with van der Waals surface area (Å²) in [5.74, 6) is -0.857. The Morgan fingerprint density at radius 1 is 1.41 bits per heavy atom. The average Bonchev–Trinajstić information content (AvgIpc) is 2.71. The summed E-state index contributed by atoms with van der Waals surface area (Å²) in [7, 11) is 2.03. The predicted molar refractivity (Wildman–Crippen MR) is 72.3 cm³/mol. The van der Waals surface area contributed by atoms with Gasteiger partial charge in [0.05, 0.1) is 0 Å². The van der Waals surface area contributed by atoms with Crippen molar-refractivity contribution in [2.45, 2.75) is 19.9 Å². The van der Waals surface area contributed by atoms with Crippen molar-refractivity contribution in [3.8, 4) is 0 Å². The number of nitrogens with zero attached hydrogens (tertiary/aromatic N) is 1. The molecule has 0 aliphatic heterocycles. The first kappa shape index (κ1) is 11.9. The van der Waals surface area contributed by atoms with Gasteiger partial charge in [-0.3, -0.25) is 0 Å². The van der Waals surface area contributed by atoms with Gasteiger partial charge >= 0.3 is 5.97 Å². The second kappa shape index (κ2) is 4.37. The van der Waals surface area contributed by atoms with Crippen LogP contribution in [0.1, 0.15) is 23.5 Å². The maximum absolute atomic E-state index is 11.0. The van der Waals surface area contributed by atoms with Gasteiger partial charge in [0.2, 0.25) is 0 Å². The van der Waals surface area contributed by atoms with E-state index in [-0.39, 0.29) is 0 Å². The molecule has 1 aromatic carbocycles. The van der Waals surface area contributed by atoms with E-state index in [0.717, 1.165) is 15.8 Å². The lowest BCUT2D eigenvalue weighted by Gasteiger charge is -2.24. The van der Waals surface area contributed by atoms with Crippen molar-refractivity contribution in [2.24, 2.45) is 0 Å². The van der Waals surface area contributed by atoms with Crippen LogP contribution in [0.15, 0.2) is 24.3 Å². The highest BCUT2D eigenvalue weighted by Gasteiger charge is 2.14. The number of aromatic carboxylic acids is 1. The molecule has 1 heterocycles. The molecule has 0 aliphatic carbocycles. The topological polar surface area (TPSA) is 40.5 Å². The van der Waals surface area contributed by atoms with E-state index in [1.165, 1.54) is 11.3 Å². The summed E-state index contributed by atoms with van der Waals surface area (Å²) in [6.07, 6.45) is 0. The highest BCUT2D eigenvalue weighted by Crippen LogP contribution is 2.33. The molecule has 1 N–H and O–H groups in total. The molecular weight excluding hydrogens is 234 g/mol. The first-order valence-corrected chi connectivity index (χ1v) is 6.31. The molecule has 0 aliphatic rings. The van der Waals surface area contributed by atoms with Gasteiger partial charge < -0.3 is 10.0 Å². The fourth-order valence-corrected chi connectivity index (χ4v) is 2.66. The molecule has 2 aromatic rings. The van der Waals surface area contributed by atoms with Crippen molar-refractivity contribution in [1.82, 2.24) is 0 Å². The third kappa shape index (κ3) is 2.13. The van der Waals surface area contributed by atoms with Crippen LogP contribution in [-0.2, 0) is 0 Å². The van der Waals surface area contributed by atoms with E-state index in [1.807, 2.05) is 25.2 Å². The summed E-state index contributed by atoms with van der Waals surface area (Å²) >= 11 is 1.32. The van der Waals surface area contributed by atoms with Gasteiger partial charge in [0.15, 0.2) is 0 Å². The molecule has 0 amide bonds. The zero-order chi connectivity index (χ0) is 12.6. The molecule has 0 saturated carbocycles. The van der Waals surface area contributed by atoms with Crippen LogP contribution in [0.4, 0.5) is 5.69 Å². The second-order valence-corrected chi connectivity index (χ2v) is 5.39. The molecule has 0 radical (unpaired) electrons. The van der Waals surface area contributed by atoms with Crippen LogP contribution in [0.3, 0.4) is 0 Å². The Balaban J connectivity index is 2.60.